The minimum Gasteiger partial charge on any atom is -0.389 e. The summed E-state index contributed by atoms with van der Waals surface area (Å²) >= 11 is 0. The highest BCUT2D eigenvalue weighted by Gasteiger charge is 2.35. The van der Waals surface area contributed by atoms with Crippen LogP contribution >= 0.6 is 0 Å². The molecular weight excluding hydrogens is 228 g/mol. The Morgan fingerprint density at radius 1 is 1.39 bits per heavy atom. The Morgan fingerprint density at radius 2 is 2.00 bits per heavy atom. The highest BCUT2D eigenvalue weighted by atomic mass is 16.3. The van der Waals surface area contributed by atoms with Crippen LogP contribution in [-0.4, -0.2) is 28.2 Å². The van der Waals surface area contributed by atoms with Gasteiger partial charge in [-0.3, -0.25) is 4.79 Å². The van der Waals surface area contributed by atoms with E-state index >= 15 is 0 Å². The molecule has 0 amide bonds. The highest BCUT2D eigenvalue weighted by Crippen LogP contribution is 2.27. The largest absolute Gasteiger partial charge is 0.389 e. The van der Waals surface area contributed by atoms with Gasteiger partial charge in [-0.25, -0.2) is 0 Å². The zero-order valence-electron chi connectivity index (χ0n) is 11.5. The average Bonchev–Trinajstić information content (AvgIpc) is 2.25. The van der Waals surface area contributed by atoms with Crippen molar-refractivity contribution in [2.45, 2.75) is 52.2 Å². The predicted molar refractivity (Wildman–Crippen MR) is 72.1 cm³/mol. The number of hydrogen-bond acceptors (Lipinski definition) is 3. The van der Waals surface area contributed by atoms with Gasteiger partial charge in [-0.15, -0.1) is 0 Å². The molecule has 0 aliphatic heterocycles. The van der Waals surface area contributed by atoms with Crippen molar-refractivity contribution in [1.82, 2.24) is 0 Å². The van der Waals surface area contributed by atoms with Gasteiger partial charge < -0.3 is 10.2 Å². The van der Waals surface area contributed by atoms with Gasteiger partial charge in [0.05, 0.1) is 6.10 Å². The molecular formula is C15H24O3. The van der Waals surface area contributed by atoms with E-state index in [1.54, 1.807) is 0 Å². The minimum atomic E-state index is -1.05. The topological polar surface area (TPSA) is 57.5 Å². The monoisotopic (exact) mass is 252 g/mol. The van der Waals surface area contributed by atoms with Crippen molar-refractivity contribution < 1.29 is 15.0 Å². The van der Waals surface area contributed by atoms with Gasteiger partial charge in [0, 0.05) is 12.3 Å². The van der Waals surface area contributed by atoms with E-state index in [1.807, 2.05) is 26.8 Å². The van der Waals surface area contributed by atoms with E-state index in [0.29, 0.717) is 18.4 Å². The lowest BCUT2D eigenvalue weighted by molar-refractivity contribution is -0.130. The quantitative estimate of drug-likeness (QED) is 0.704. The Morgan fingerprint density at radius 3 is 2.56 bits per heavy atom. The first-order valence-electron chi connectivity index (χ1n) is 6.56. The molecule has 0 aromatic rings. The predicted octanol–water partition coefficient (Wildman–Crippen LogP) is 2.24. The molecule has 18 heavy (non-hydrogen) atoms. The summed E-state index contributed by atoms with van der Waals surface area (Å²) in [6, 6.07) is 0. The number of allylic oxidation sites excluding steroid dienone is 2. The standard InChI is InChI=1S/C15H24O3/c1-9(2)13-12(16)8-10(3)6-5-7-11(4)14(17)15(13)18/h6,9,13-15,17-18H,4-5,7-8H2,1-3H3/b10-6+/t13-,14-,15-/m1/s1. The van der Waals surface area contributed by atoms with Crippen LogP contribution in [0, 0.1) is 11.8 Å². The Balaban J connectivity index is 3.05. The molecule has 1 rings (SSSR count). The smallest absolute Gasteiger partial charge is 0.142 e. The van der Waals surface area contributed by atoms with Crippen LogP contribution in [0.2, 0.25) is 0 Å². The van der Waals surface area contributed by atoms with Gasteiger partial charge in [0.25, 0.3) is 0 Å². The lowest BCUT2D eigenvalue weighted by Gasteiger charge is -2.30. The molecule has 0 aromatic carbocycles. The second-order valence-electron chi connectivity index (χ2n) is 5.60. The number of aliphatic hydroxyl groups is 2. The van der Waals surface area contributed by atoms with Gasteiger partial charge in [0.15, 0.2) is 0 Å². The number of carbonyl (C=O) groups is 1. The highest BCUT2D eigenvalue weighted by molar-refractivity contribution is 5.84. The fourth-order valence-electron chi connectivity index (χ4n) is 2.51. The molecule has 2 N–H and O–H groups in total. The first-order valence-corrected chi connectivity index (χ1v) is 6.56. The number of rotatable bonds is 1. The van der Waals surface area contributed by atoms with Crippen LogP contribution in [0.3, 0.4) is 0 Å². The lowest BCUT2D eigenvalue weighted by Crippen LogP contribution is -2.41. The van der Waals surface area contributed by atoms with Crippen molar-refractivity contribution >= 4 is 5.78 Å². The van der Waals surface area contributed by atoms with Crippen molar-refractivity contribution in [1.29, 1.82) is 0 Å². The molecule has 0 fully saturated rings. The molecule has 0 spiro atoms. The molecule has 0 saturated carbocycles. The molecule has 0 saturated heterocycles. The summed E-state index contributed by atoms with van der Waals surface area (Å²) in [5.74, 6) is -0.527. The molecule has 0 heterocycles. The number of Topliss-reactive ketones (excluding diaryl/α,β-unsaturated/α-hetero) is 1. The fraction of sp³-hybridized carbons (Fsp3) is 0.667. The van der Waals surface area contributed by atoms with E-state index in [1.165, 1.54) is 0 Å². The van der Waals surface area contributed by atoms with Crippen LogP contribution in [0.25, 0.3) is 0 Å². The second-order valence-corrected chi connectivity index (χ2v) is 5.60. The number of ketones is 1. The number of carbonyl (C=O) groups excluding carboxylic acids is 1. The van der Waals surface area contributed by atoms with Gasteiger partial charge in [-0.1, -0.05) is 32.1 Å². The molecule has 3 nitrogen and oxygen atoms in total. The maximum atomic E-state index is 12.2. The molecule has 3 heteroatoms. The Labute approximate surface area is 109 Å². The molecule has 1 aliphatic rings. The van der Waals surface area contributed by atoms with Gasteiger partial charge in [-0.2, -0.15) is 0 Å². The van der Waals surface area contributed by atoms with Crippen LogP contribution in [0.4, 0.5) is 0 Å². The van der Waals surface area contributed by atoms with Crippen LogP contribution in [0.1, 0.15) is 40.0 Å². The first-order chi connectivity index (χ1) is 8.34. The van der Waals surface area contributed by atoms with Crippen molar-refractivity contribution in [2.75, 3.05) is 0 Å². The summed E-state index contributed by atoms with van der Waals surface area (Å²) in [4.78, 5) is 12.2. The van der Waals surface area contributed by atoms with Crippen LogP contribution in [0.5, 0.6) is 0 Å². The van der Waals surface area contributed by atoms with Crippen molar-refractivity contribution in [3.05, 3.63) is 23.8 Å². The van der Waals surface area contributed by atoms with Gasteiger partial charge >= 0.3 is 0 Å². The van der Waals surface area contributed by atoms with Crippen LogP contribution in [-0.2, 0) is 4.79 Å². The minimum absolute atomic E-state index is 0.000000000000000222. The first kappa shape index (κ1) is 15.1. The van der Waals surface area contributed by atoms with Gasteiger partial charge in [-0.05, 0) is 31.3 Å². The van der Waals surface area contributed by atoms with E-state index in [9.17, 15) is 15.0 Å². The lowest BCUT2D eigenvalue weighted by atomic mass is 9.79. The van der Waals surface area contributed by atoms with E-state index in [2.05, 4.69) is 6.58 Å². The third-order valence-corrected chi connectivity index (χ3v) is 3.61. The average molecular weight is 252 g/mol. The summed E-state index contributed by atoms with van der Waals surface area (Å²) in [6.45, 7) is 9.54. The van der Waals surface area contributed by atoms with E-state index in [-0.39, 0.29) is 11.7 Å². The fourth-order valence-corrected chi connectivity index (χ4v) is 2.51. The normalized spacial score (nSPS) is 34.3. The Bertz CT molecular complexity index is 355. The zero-order chi connectivity index (χ0) is 13.9. The number of aliphatic hydroxyl groups excluding tert-OH is 2. The molecule has 0 aromatic heterocycles. The second kappa shape index (κ2) is 6.30. The maximum absolute atomic E-state index is 12.2. The van der Waals surface area contributed by atoms with Crippen LogP contribution in [0.15, 0.2) is 23.8 Å². The Hall–Kier alpha value is -0.930. The molecule has 3 atom stereocenters. The summed E-state index contributed by atoms with van der Waals surface area (Å²) < 4.78 is 0. The third kappa shape index (κ3) is 3.53. The molecule has 0 bridgehead atoms. The Kier molecular flexibility index (Phi) is 5.29. The molecule has 0 unspecified atom stereocenters. The van der Waals surface area contributed by atoms with Gasteiger partial charge in [0.1, 0.15) is 11.9 Å². The third-order valence-electron chi connectivity index (χ3n) is 3.61. The van der Waals surface area contributed by atoms with E-state index in [0.717, 1.165) is 12.0 Å². The van der Waals surface area contributed by atoms with Gasteiger partial charge in [0.2, 0.25) is 0 Å². The maximum Gasteiger partial charge on any atom is 0.142 e. The summed E-state index contributed by atoms with van der Waals surface area (Å²) in [7, 11) is 0. The molecule has 0 radical (unpaired) electrons. The van der Waals surface area contributed by atoms with E-state index < -0.39 is 18.1 Å². The molecule has 1 aliphatic carbocycles. The number of hydrogen-bond donors (Lipinski definition) is 2. The van der Waals surface area contributed by atoms with Crippen molar-refractivity contribution in [3.63, 3.8) is 0 Å². The SMILES string of the molecule is C=C1CC/C=C(\C)CC(=O)[C@@H](C(C)C)[C@@H](O)[C@@H]1O. The van der Waals surface area contributed by atoms with Crippen molar-refractivity contribution in [3.8, 4) is 0 Å². The van der Waals surface area contributed by atoms with Crippen molar-refractivity contribution in [2.24, 2.45) is 11.8 Å². The van der Waals surface area contributed by atoms with E-state index in [4.69, 9.17) is 0 Å². The summed E-state index contributed by atoms with van der Waals surface area (Å²) in [5.41, 5.74) is 1.63. The summed E-state index contributed by atoms with van der Waals surface area (Å²) in [6.07, 6.45) is 1.73. The molecule has 102 valence electrons. The van der Waals surface area contributed by atoms with Crippen LogP contribution < -0.4 is 0 Å². The zero-order valence-corrected chi connectivity index (χ0v) is 11.5. The summed E-state index contributed by atoms with van der Waals surface area (Å²) in [5, 5.41) is 20.3.